The summed E-state index contributed by atoms with van der Waals surface area (Å²) in [5.74, 6) is 4.09. The van der Waals surface area contributed by atoms with E-state index in [0.29, 0.717) is 11.8 Å². The van der Waals surface area contributed by atoms with Crippen LogP contribution in [0.3, 0.4) is 0 Å². The molecule has 1 aromatic heterocycles. The molecule has 2 heterocycles. The molecule has 1 aliphatic heterocycles. The molecule has 2 fully saturated rings. The van der Waals surface area contributed by atoms with Crippen molar-refractivity contribution in [3.8, 4) is 5.75 Å². The maximum absolute atomic E-state index is 6.55. The zero-order valence-electron chi connectivity index (χ0n) is 12.9. The minimum absolute atomic E-state index is 0.134. The van der Waals surface area contributed by atoms with E-state index >= 15 is 0 Å². The lowest BCUT2D eigenvalue weighted by Gasteiger charge is -2.42. The van der Waals surface area contributed by atoms with Crippen LogP contribution in [-0.4, -0.2) is 4.98 Å². The van der Waals surface area contributed by atoms with Gasteiger partial charge in [-0.2, -0.15) is 0 Å². The molecule has 22 heavy (non-hydrogen) atoms. The van der Waals surface area contributed by atoms with Gasteiger partial charge in [0, 0.05) is 12.1 Å². The van der Waals surface area contributed by atoms with Crippen LogP contribution in [0.1, 0.15) is 48.1 Å². The Balaban J connectivity index is 1.67. The van der Waals surface area contributed by atoms with Crippen molar-refractivity contribution < 1.29 is 4.74 Å². The third-order valence-electron chi connectivity index (χ3n) is 6.16. The molecule has 0 saturated heterocycles. The van der Waals surface area contributed by atoms with Gasteiger partial charge in [0.2, 0.25) is 0 Å². The van der Waals surface area contributed by atoms with E-state index in [1.165, 1.54) is 30.4 Å². The van der Waals surface area contributed by atoms with E-state index in [4.69, 9.17) is 4.74 Å². The summed E-state index contributed by atoms with van der Waals surface area (Å²) in [6.45, 7) is 2.17. The fraction of sp³-hybridized carbons (Fsp3) is 0.450. The predicted molar refractivity (Wildman–Crippen MR) is 85.8 cm³/mol. The first-order valence-corrected chi connectivity index (χ1v) is 8.50. The molecule has 112 valence electrons. The Kier molecular flexibility index (Phi) is 2.64. The lowest BCUT2D eigenvalue weighted by atomic mass is 9.70. The normalized spacial score (nSPS) is 34.9. The first kappa shape index (κ1) is 12.7. The van der Waals surface area contributed by atoms with Gasteiger partial charge in [0.15, 0.2) is 0 Å². The second-order valence-electron chi connectivity index (χ2n) is 7.22. The highest BCUT2D eigenvalue weighted by Gasteiger charge is 2.55. The summed E-state index contributed by atoms with van der Waals surface area (Å²) < 4.78 is 6.55. The number of ether oxygens (including phenoxy) is 1. The van der Waals surface area contributed by atoms with Crippen LogP contribution in [0.15, 0.2) is 42.6 Å². The standard InChI is InChI=1S/C20H21NO/c1-12-5-4-6-15-17-13-8-9-14(11-13)18(17)20(22-19(12)15)16-7-2-3-10-21-16/h2-7,10,13-14,17-18,20H,8-9,11H2,1H3/t13-,14+,17-,18-,20-/m1/s1. The molecule has 2 aromatic rings. The second-order valence-corrected chi connectivity index (χ2v) is 7.22. The lowest BCUT2D eigenvalue weighted by molar-refractivity contribution is 0.0557. The molecule has 5 atom stereocenters. The van der Waals surface area contributed by atoms with Gasteiger partial charge >= 0.3 is 0 Å². The SMILES string of the molecule is Cc1cccc2c1O[C@H](c1ccccn1)[C@@H]1[C@H]3CC[C@H](C3)[C@H]21. The number of nitrogens with zero attached hydrogens (tertiary/aromatic N) is 1. The molecule has 0 radical (unpaired) electrons. The van der Waals surface area contributed by atoms with Crippen molar-refractivity contribution in [3.05, 3.63) is 59.4 Å². The van der Waals surface area contributed by atoms with Gasteiger partial charge in [-0.25, -0.2) is 0 Å². The van der Waals surface area contributed by atoms with Gasteiger partial charge < -0.3 is 4.74 Å². The maximum Gasteiger partial charge on any atom is 0.144 e. The number of fused-ring (bicyclic) bond motifs is 7. The van der Waals surface area contributed by atoms with Gasteiger partial charge in [-0.05, 0) is 67.2 Å². The Labute approximate surface area is 131 Å². The topological polar surface area (TPSA) is 22.1 Å². The summed E-state index contributed by atoms with van der Waals surface area (Å²) in [5, 5.41) is 0. The molecule has 3 aliphatic rings. The fourth-order valence-corrected chi connectivity index (χ4v) is 5.34. The van der Waals surface area contributed by atoms with Gasteiger partial charge in [-0.1, -0.05) is 24.3 Å². The average molecular weight is 291 g/mol. The Hall–Kier alpha value is -1.83. The molecule has 2 aliphatic carbocycles. The van der Waals surface area contributed by atoms with Gasteiger partial charge in [0.05, 0.1) is 5.69 Å². The fourth-order valence-electron chi connectivity index (χ4n) is 5.34. The number of hydrogen-bond acceptors (Lipinski definition) is 2. The van der Waals surface area contributed by atoms with E-state index in [0.717, 1.165) is 23.3 Å². The molecule has 2 bridgehead atoms. The minimum atomic E-state index is 0.134. The summed E-state index contributed by atoms with van der Waals surface area (Å²) in [6.07, 6.45) is 6.19. The van der Waals surface area contributed by atoms with E-state index in [1.807, 2.05) is 12.3 Å². The molecule has 2 heteroatoms. The van der Waals surface area contributed by atoms with Crippen LogP contribution in [0.4, 0.5) is 0 Å². The van der Waals surface area contributed by atoms with E-state index < -0.39 is 0 Å². The molecule has 1 aromatic carbocycles. The summed E-state index contributed by atoms with van der Waals surface area (Å²) in [6, 6.07) is 12.9. The Morgan fingerprint density at radius 2 is 1.95 bits per heavy atom. The highest BCUT2D eigenvalue weighted by atomic mass is 16.5. The maximum atomic E-state index is 6.55. The van der Waals surface area contributed by atoms with Gasteiger partial charge in [-0.15, -0.1) is 0 Å². The Morgan fingerprint density at radius 1 is 1.05 bits per heavy atom. The van der Waals surface area contributed by atoms with Crippen molar-refractivity contribution in [1.29, 1.82) is 0 Å². The number of benzene rings is 1. The third kappa shape index (κ3) is 1.64. The number of para-hydroxylation sites is 1. The Bertz CT molecular complexity index is 711. The zero-order chi connectivity index (χ0) is 14.7. The second kappa shape index (κ2) is 4.58. The van der Waals surface area contributed by atoms with Crippen LogP contribution >= 0.6 is 0 Å². The van der Waals surface area contributed by atoms with Crippen molar-refractivity contribution in [1.82, 2.24) is 4.98 Å². The van der Waals surface area contributed by atoms with Crippen LogP contribution in [0.5, 0.6) is 5.75 Å². The number of aryl methyl sites for hydroxylation is 1. The Morgan fingerprint density at radius 3 is 2.82 bits per heavy atom. The van der Waals surface area contributed by atoms with Crippen LogP contribution in [0.25, 0.3) is 0 Å². The van der Waals surface area contributed by atoms with E-state index in [9.17, 15) is 0 Å². The molecule has 0 amide bonds. The largest absolute Gasteiger partial charge is 0.483 e. The van der Waals surface area contributed by atoms with Gasteiger partial charge in [0.25, 0.3) is 0 Å². The number of aromatic nitrogens is 1. The van der Waals surface area contributed by atoms with Crippen LogP contribution in [0.2, 0.25) is 0 Å². The van der Waals surface area contributed by atoms with E-state index in [2.05, 4.69) is 42.2 Å². The van der Waals surface area contributed by atoms with E-state index in [-0.39, 0.29) is 6.10 Å². The minimum Gasteiger partial charge on any atom is -0.483 e. The molecule has 0 N–H and O–H groups in total. The van der Waals surface area contributed by atoms with Crippen LogP contribution < -0.4 is 4.74 Å². The van der Waals surface area contributed by atoms with Crippen LogP contribution in [0, 0.1) is 24.7 Å². The van der Waals surface area contributed by atoms with Crippen LogP contribution in [-0.2, 0) is 0 Å². The van der Waals surface area contributed by atoms with Crippen molar-refractivity contribution in [3.63, 3.8) is 0 Å². The van der Waals surface area contributed by atoms with Crippen molar-refractivity contribution in [2.24, 2.45) is 17.8 Å². The smallest absolute Gasteiger partial charge is 0.144 e. The molecule has 0 spiro atoms. The van der Waals surface area contributed by atoms with Crippen molar-refractivity contribution in [2.75, 3.05) is 0 Å². The summed E-state index contributed by atoms with van der Waals surface area (Å²) in [5.41, 5.74) is 3.84. The van der Waals surface area contributed by atoms with E-state index in [1.54, 1.807) is 0 Å². The zero-order valence-corrected chi connectivity index (χ0v) is 12.9. The summed E-state index contributed by atoms with van der Waals surface area (Å²) >= 11 is 0. The highest BCUT2D eigenvalue weighted by molar-refractivity contribution is 5.47. The lowest BCUT2D eigenvalue weighted by Crippen LogP contribution is -2.34. The molecule has 0 unspecified atom stereocenters. The highest BCUT2D eigenvalue weighted by Crippen LogP contribution is 2.64. The quantitative estimate of drug-likeness (QED) is 0.762. The number of pyridine rings is 1. The first-order chi connectivity index (χ1) is 10.8. The summed E-state index contributed by atoms with van der Waals surface area (Å²) in [4.78, 5) is 4.62. The van der Waals surface area contributed by atoms with Crippen molar-refractivity contribution >= 4 is 0 Å². The van der Waals surface area contributed by atoms with Gasteiger partial charge in [0.1, 0.15) is 11.9 Å². The number of rotatable bonds is 1. The monoisotopic (exact) mass is 291 g/mol. The molecule has 2 saturated carbocycles. The first-order valence-electron chi connectivity index (χ1n) is 8.50. The number of hydrogen-bond donors (Lipinski definition) is 0. The molecule has 5 rings (SSSR count). The molecular weight excluding hydrogens is 270 g/mol. The average Bonchev–Trinajstić information content (AvgIpc) is 3.17. The predicted octanol–water partition coefficient (Wildman–Crippen LogP) is 4.65. The van der Waals surface area contributed by atoms with Gasteiger partial charge in [-0.3, -0.25) is 4.98 Å². The summed E-state index contributed by atoms with van der Waals surface area (Å²) in [7, 11) is 0. The third-order valence-corrected chi connectivity index (χ3v) is 6.16. The molecule has 2 nitrogen and oxygen atoms in total. The van der Waals surface area contributed by atoms with Crippen molar-refractivity contribution in [2.45, 2.75) is 38.2 Å². The molecular formula is C20H21NO.